The quantitative estimate of drug-likeness (QED) is 0.286. The molecule has 0 saturated carbocycles. The van der Waals surface area contributed by atoms with Gasteiger partial charge in [0.15, 0.2) is 0 Å². The molecule has 0 aromatic heterocycles. The summed E-state index contributed by atoms with van der Waals surface area (Å²) in [7, 11) is 0. The lowest BCUT2D eigenvalue weighted by atomic mass is 10.1. The molecule has 0 aliphatic heterocycles. The molecule has 0 aromatic carbocycles. The Morgan fingerprint density at radius 1 is 1.24 bits per heavy atom. The molecule has 0 heterocycles. The zero-order valence-corrected chi connectivity index (χ0v) is 11.4. The normalized spacial score (nSPS) is 11.6. The molecule has 0 bridgehead atoms. The summed E-state index contributed by atoms with van der Waals surface area (Å²) < 4.78 is 9.99. The highest BCUT2D eigenvalue weighted by atomic mass is 17.2. The number of carbonyl (C=O) groups is 1. The second kappa shape index (κ2) is 8.31. The summed E-state index contributed by atoms with van der Waals surface area (Å²) in [5.74, 6) is 0.468. The van der Waals surface area contributed by atoms with Crippen LogP contribution in [-0.4, -0.2) is 31.6 Å². The largest absolute Gasteiger partial charge is 0.540 e. The average Bonchev–Trinajstić information content (AvgIpc) is 2.26. The van der Waals surface area contributed by atoms with Crippen molar-refractivity contribution in [3.8, 4) is 0 Å². The first-order chi connectivity index (χ1) is 7.87. The Morgan fingerprint density at radius 2 is 1.88 bits per heavy atom. The van der Waals surface area contributed by atoms with Gasteiger partial charge < -0.3 is 9.47 Å². The zero-order valence-electron chi connectivity index (χ0n) is 11.4. The molecule has 0 amide bonds. The van der Waals surface area contributed by atoms with Crippen molar-refractivity contribution >= 4 is 6.16 Å². The van der Waals surface area contributed by atoms with E-state index in [0.717, 1.165) is 6.42 Å². The Bertz CT molecular complexity index is 213. The van der Waals surface area contributed by atoms with Gasteiger partial charge in [-0.1, -0.05) is 20.8 Å². The van der Waals surface area contributed by atoms with Gasteiger partial charge in [-0.25, -0.2) is 4.79 Å². The van der Waals surface area contributed by atoms with E-state index in [9.17, 15) is 4.79 Å². The Morgan fingerprint density at radius 3 is 2.41 bits per heavy atom. The number of ether oxygens (including phenoxy) is 2. The van der Waals surface area contributed by atoms with Crippen LogP contribution < -0.4 is 0 Å². The predicted molar refractivity (Wildman–Crippen MR) is 63.5 cm³/mol. The van der Waals surface area contributed by atoms with Gasteiger partial charge in [-0.05, 0) is 26.2 Å². The standard InChI is InChI=1S/C12H24O5/c1-6-12(4,5)17-16-11(13)15-8-7-14-9-10(2)3/h10H,6-9H2,1-5H3. The third-order valence-electron chi connectivity index (χ3n) is 2.09. The lowest BCUT2D eigenvalue weighted by Gasteiger charge is -2.19. The molecule has 5 heteroatoms. The first-order valence-electron chi connectivity index (χ1n) is 5.97. The van der Waals surface area contributed by atoms with Gasteiger partial charge in [0.1, 0.15) is 12.2 Å². The summed E-state index contributed by atoms with van der Waals surface area (Å²) in [4.78, 5) is 20.5. The van der Waals surface area contributed by atoms with E-state index < -0.39 is 11.8 Å². The maximum Gasteiger partial charge on any atom is 0.540 e. The van der Waals surface area contributed by atoms with E-state index in [1.165, 1.54) is 0 Å². The fourth-order valence-electron chi connectivity index (χ4n) is 0.733. The third-order valence-corrected chi connectivity index (χ3v) is 2.09. The molecule has 0 aliphatic rings. The summed E-state index contributed by atoms with van der Waals surface area (Å²) in [6.07, 6.45) is -0.0997. The molecule has 0 N–H and O–H groups in total. The van der Waals surface area contributed by atoms with Crippen molar-refractivity contribution < 1.29 is 24.0 Å². The number of hydrogen-bond acceptors (Lipinski definition) is 5. The monoisotopic (exact) mass is 248 g/mol. The van der Waals surface area contributed by atoms with Crippen LogP contribution in [0.1, 0.15) is 41.0 Å². The van der Waals surface area contributed by atoms with Crippen LogP contribution in [-0.2, 0) is 19.2 Å². The molecule has 0 spiro atoms. The lowest BCUT2D eigenvalue weighted by Crippen LogP contribution is -2.25. The number of carbonyl (C=O) groups excluding carboxylic acids is 1. The van der Waals surface area contributed by atoms with E-state index in [1.807, 2.05) is 20.8 Å². The summed E-state index contributed by atoms with van der Waals surface area (Å²) in [6.45, 7) is 10.9. The molecular formula is C12H24O5. The van der Waals surface area contributed by atoms with Crippen molar-refractivity contribution in [1.82, 2.24) is 0 Å². The van der Waals surface area contributed by atoms with Crippen molar-refractivity contribution in [1.29, 1.82) is 0 Å². The van der Waals surface area contributed by atoms with Gasteiger partial charge in [0.2, 0.25) is 0 Å². The van der Waals surface area contributed by atoms with Crippen molar-refractivity contribution in [2.45, 2.75) is 46.6 Å². The molecule has 17 heavy (non-hydrogen) atoms. The zero-order chi connectivity index (χ0) is 13.3. The SMILES string of the molecule is CCC(C)(C)OOC(=O)OCCOCC(C)C. The summed E-state index contributed by atoms with van der Waals surface area (Å²) in [6, 6.07) is 0. The van der Waals surface area contributed by atoms with Gasteiger partial charge in [-0.15, -0.1) is 0 Å². The van der Waals surface area contributed by atoms with E-state index in [4.69, 9.17) is 14.4 Å². The van der Waals surface area contributed by atoms with Crippen LogP contribution in [0.2, 0.25) is 0 Å². The van der Waals surface area contributed by atoms with E-state index >= 15 is 0 Å². The fourth-order valence-corrected chi connectivity index (χ4v) is 0.733. The lowest BCUT2D eigenvalue weighted by molar-refractivity contribution is -0.317. The van der Waals surface area contributed by atoms with Crippen molar-refractivity contribution in [2.75, 3.05) is 19.8 Å². The van der Waals surface area contributed by atoms with Gasteiger partial charge in [0.05, 0.1) is 6.61 Å². The molecular weight excluding hydrogens is 224 g/mol. The number of rotatable bonds is 8. The van der Waals surface area contributed by atoms with Gasteiger partial charge in [0.25, 0.3) is 0 Å². The summed E-state index contributed by atoms with van der Waals surface area (Å²) >= 11 is 0. The minimum absolute atomic E-state index is 0.168. The van der Waals surface area contributed by atoms with Crippen LogP contribution in [0, 0.1) is 5.92 Å². The molecule has 0 aromatic rings. The van der Waals surface area contributed by atoms with Crippen molar-refractivity contribution in [3.63, 3.8) is 0 Å². The predicted octanol–water partition coefficient (Wildman–Crippen LogP) is 2.93. The highest BCUT2D eigenvalue weighted by molar-refractivity contribution is 5.58. The van der Waals surface area contributed by atoms with Gasteiger partial charge in [0, 0.05) is 6.61 Å². The molecule has 5 nitrogen and oxygen atoms in total. The Balaban J connectivity index is 3.47. The van der Waals surface area contributed by atoms with Gasteiger partial charge in [-0.3, -0.25) is 4.89 Å². The van der Waals surface area contributed by atoms with Crippen molar-refractivity contribution in [3.05, 3.63) is 0 Å². The topological polar surface area (TPSA) is 54.0 Å². The van der Waals surface area contributed by atoms with E-state index in [-0.39, 0.29) is 6.61 Å². The van der Waals surface area contributed by atoms with E-state index in [2.05, 4.69) is 18.7 Å². The molecule has 0 unspecified atom stereocenters. The molecule has 0 radical (unpaired) electrons. The maximum absolute atomic E-state index is 11.1. The first kappa shape index (κ1) is 16.2. The highest BCUT2D eigenvalue weighted by Crippen LogP contribution is 2.13. The minimum atomic E-state index is -0.834. The van der Waals surface area contributed by atoms with Crippen LogP contribution in [0.15, 0.2) is 0 Å². The minimum Gasteiger partial charge on any atom is -0.430 e. The smallest absolute Gasteiger partial charge is 0.430 e. The van der Waals surface area contributed by atoms with Gasteiger partial charge in [-0.2, -0.15) is 4.89 Å². The van der Waals surface area contributed by atoms with Crippen LogP contribution in [0.5, 0.6) is 0 Å². The Labute approximate surface area is 103 Å². The van der Waals surface area contributed by atoms with Crippen LogP contribution in [0.25, 0.3) is 0 Å². The first-order valence-corrected chi connectivity index (χ1v) is 5.97. The van der Waals surface area contributed by atoms with E-state index in [0.29, 0.717) is 19.1 Å². The number of hydrogen-bond donors (Lipinski definition) is 0. The van der Waals surface area contributed by atoms with Crippen LogP contribution >= 0.6 is 0 Å². The molecule has 0 saturated heterocycles. The second-order valence-electron chi connectivity index (χ2n) is 4.85. The Hall–Kier alpha value is -0.810. The third kappa shape index (κ3) is 10.1. The van der Waals surface area contributed by atoms with Crippen LogP contribution in [0.3, 0.4) is 0 Å². The van der Waals surface area contributed by atoms with Gasteiger partial charge >= 0.3 is 6.16 Å². The summed E-state index contributed by atoms with van der Waals surface area (Å²) in [5, 5.41) is 0. The highest BCUT2D eigenvalue weighted by Gasteiger charge is 2.20. The second-order valence-corrected chi connectivity index (χ2v) is 4.85. The Kier molecular flexibility index (Phi) is 7.91. The maximum atomic E-state index is 11.1. The fraction of sp³-hybridized carbons (Fsp3) is 0.917. The molecule has 0 fully saturated rings. The molecule has 0 aliphatic carbocycles. The average molecular weight is 248 g/mol. The molecule has 0 atom stereocenters. The molecule has 102 valence electrons. The van der Waals surface area contributed by atoms with Crippen molar-refractivity contribution in [2.24, 2.45) is 5.92 Å². The molecule has 0 rings (SSSR count). The van der Waals surface area contributed by atoms with Crippen LogP contribution in [0.4, 0.5) is 4.79 Å². The summed E-state index contributed by atoms with van der Waals surface area (Å²) in [5.41, 5.74) is -0.493. The van der Waals surface area contributed by atoms with E-state index in [1.54, 1.807) is 0 Å².